The average molecular weight is 383 g/mol. The number of rotatable bonds is 7. The van der Waals surface area contributed by atoms with Gasteiger partial charge in [0.15, 0.2) is 5.16 Å². The first kappa shape index (κ1) is 19.0. The molecule has 0 saturated heterocycles. The fourth-order valence-corrected chi connectivity index (χ4v) is 3.44. The Morgan fingerprint density at radius 3 is 2.70 bits per heavy atom. The lowest BCUT2D eigenvalue weighted by atomic mass is 10.2. The van der Waals surface area contributed by atoms with Crippen LogP contribution in [0, 0.1) is 13.8 Å². The summed E-state index contributed by atoms with van der Waals surface area (Å²) >= 11 is 1.58. The first-order valence-electron chi connectivity index (χ1n) is 8.51. The van der Waals surface area contributed by atoms with Crippen LogP contribution in [0.25, 0.3) is 5.69 Å². The highest BCUT2D eigenvalue weighted by Crippen LogP contribution is 2.23. The monoisotopic (exact) mass is 383 g/mol. The Labute approximate surface area is 162 Å². The van der Waals surface area contributed by atoms with Crippen molar-refractivity contribution < 1.29 is 14.3 Å². The summed E-state index contributed by atoms with van der Waals surface area (Å²) in [7, 11) is 1.36. The molecule has 0 spiro atoms. The van der Waals surface area contributed by atoms with Crippen molar-refractivity contribution in [3.8, 4) is 11.4 Å². The van der Waals surface area contributed by atoms with Crippen LogP contribution < -0.4 is 4.74 Å². The van der Waals surface area contributed by atoms with Gasteiger partial charge in [0.05, 0.1) is 19.3 Å². The number of carbonyl (C=O) groups excluding carboxylic acids is 1. The molecule has 1 aromatic heterocycles. The summed E-state index contributed by atoms with van der Waals surface area (Å²) in [5.74, 6) is 1.80. The zero-order valence-corrected chi connectivity index (χ0v) is 16.3. The summed E-state index contributed by atoms with van der Waals surface area (Å²) in [6.07, 6.45) is 0. The number of thioether (sulfide) groups is 1. The minimum Gasteiger partial charge on any atom is -0.493 e. The van der Waals surface area contributed by atoms with E-state index in [1.54, 1.807) is 30.0 Å². The minimum absolute atomic E-state index is 0.378. The molecular weight excluding hydrogens is 362 g/mol. The van der Waals surface area contributed by atoms with Crippen LogP contribution in [0.5, 0.6) is 5.75 Å². The highest BCUT2D eigenvalue weighted by molar-refractivity contribution is 7.99. The maximum atomic E-state index is 11.6. The van der Waals surface area contributed by atoms with Gasteiger partial charge in [0.1, 0.15) is 11.6 Å². The third kappa shape index (κ3) is 4.68. The lowest BCUT2D eigenvalue weighted by Crippen LogP contribution is -2.05. The van der Waals surface area contributed by atoms with Gasteiger partial charge < -0.3 is 9.47 Å². The predicted octanol–water partition coefficient (Wildman–Crippen LogP) is 3.84. The number of benzene rings is 2. The Kier molecular flexibility index (Phi) is 6.13. The third-order valence-electron chi connectivity index (χ3n) is 3.89. The summed E-state index contributed by atoms with van der Waals surface area (Å²) in [5.41, 5.74) is 2.70. The Hall–Kier alpha value is -2.80. The zero-order valence-electron chi connectivity index (χ0n) is 15.5. The first-order chi connectivity index (χ1) is 13.1. The van der Waals surface area contributed by atoms with Crippen molar-refractivity contribution in [2.24, 2.45) is 0 Å². The standard InChI is InChI=1S/C20H21N3O3S/c1-14-6-4-8-17(12-14)23-15(2)21-22-20(23)27-11-10-26-18-9-5-7-16(13-18)19(24)25-3/h4-9,12-13H,10-11H2,1-3H3. The van der Waals surface area contributed by atoms with E-state index in [2.05, 4.69) is 29.3 Å². The summed E-state index contributed by atoms with van der Waals surface area (Å²) in [6.45, 7) is 4.48. The average Bonchev–Trinajstić information content (AvgIpc) is 3.05. The van der Waals surface area contributed by atoms with Gasteiger partial charge in [-0.25, -0.2) is 4.79 Å². The van der Waals surface area contributed by atoms with E-state index in [9.17, 15) is 4.79 Å². The molecule has 0 N–H and O–H groups in total. The first-order valence-corrected chi connectivity index (χ1v) is 9.50. The predicted molar refractivity (Wildman–Crippen MR) is 105 cm³/mol. The molecule has 0 radical (unpaired) electrons. The molecule has 0 aliphatic heterocycles. The number of ether oxygens (including phenoxy) is 2. The Bertz CT molecular complexity index is 940. The van der Waals surface area contributed by atoms with Crippen molar-refractivity contribution in [2.45, 2.75) is 19.0 Å². The molecule has 3 rings (SSSR count). The number of carbonyl (C=O) groups is 1. The number of aromatic nitrogens is 3. The fourth-order valence-electron chi connectivity index (χ4n) is 2.62. The SMILES string of the molecule is COC(=O)c1cccc(OCCSc2nnc(C)n2-c2cccc(C)c2)c1. The van der Waals surface area contributed by atoms with Crippen molar-refractivity contribution in [2.75, 3.05) is 19.5 Å². The molecule has 0 fully saturated rings. The zero-order chi connectivity index (χ0) is 19.2. The normalized spacial score (nSPS) is 10.6. The molecule has 0 aliphatic rings. The molecule has 6 nitrogen and oxygen atoms in total. The highest BCUT2D eigenvalue weighted by Gasteiger charge is 2.12. The quantitative estimate of drug-likeness (QED) is 0.351. The van der Waals surface area contributed by atoms with Gasteiger partial charge in [-0.15, -0.1) is 10.2 Å². The van der Waals surface area contributed by atoms with Crippen LogP contribution in [0.2, 0.25) is 0 Å². The van der Waals surface area contributed by atoms with Crippen LogP contribution in [0.1, 0.15) is 21.7 Å². The van der Waals surface area contributed by atoms with E-state index in [1.165, 1.54) is 12.7 Å². The van der Waals surface area contributed by atoms with Gasteiger partial charge in [0.25, 0.3) is 0 Å². The molecule has 27 heavy (non-hydrogen) atoms. The van der Waals surface area contributed by atoms with Crippen LogP contribution >= 0.6 is 11.8 Å². The van der Waals surface area contributed by atoms with Crippen LogP contribution in [0.3, 0.4) is 0 Å². The Morgan fingerprint density at radius 2 is 1.93 bits per heavy atom. The summed E-state index contributed by atoms with van der Waals surface area (Å²) in [5, 5.41) is 9.30. The minimum atomic E-state index is -0.378. The summed E-state index contributed by atoms with van der Waals surface area (Å²) in [6, 6.07) is 15.2. The third-order valence-corrected chi connectivity index (χ3v) is 4.79. The molecule has 0 aliphatic carbocycles. The van der Waals surface area contributed by atoms with Gasteiger partial charge in [0.2, 0.25) is 0 Å². The van der Waals surface area contributed by atoms with Crippen molar-refractivity contribution in [1.29, 1.82) is 0 Å². The van der Waals surface area contributed by atoms with Gasteiger partial charge in [-0.3, -0.25) is 4.57 Å². The van der Waals surface area contributed by atoms with Crippen LogP contribution in [0.4, 0.5) is 0 Å². The topological polar surface area (TPSA) is 66.2 Å². The lowest BCUT2D eigenvalue weighted by Gasteiger charge is -2.10. The van der Waals surface area contributed by atoms with E-state index in [4.69, 9.17) is 9.47 Å². The second-order valence-corrected chi connectivity index (χ2v) is 6.98. The molecule has 0 saturated carbocycles. The lowest BCUT2D eigenvalue weighted by molar-refractivity contribution is 0.0600. The van der Waals surface area contributed by atoms with Crippen LogP contribution in [-0.2, 0) is 4.74 Å². The van der Waals surface area contributed by atoms with E-state index >= 15 is 0 Å². The van der Waals surface area contributed by atoms with E-state index < -0.39 is 0 Å². The summed E-state index contributed by atoms with van der Waals surface area (Å²) in [4.78, 5) is 11.6. The molecule has 0 unspecified atom stereocenters. The van der Waals surface area contributed by atoms with Crippen molar-refractivity contribution in [1.82, 2.24) is 14.8 Å². The van der Waals surface area contributed by atoms with Crippen molar-refractivity contribution in [3.63, 3.8) is 0 Å². The van der Waals surface area contributed by atoms with E-state index in [1.807, 2.05) is 29.7 Å². The molecule has 0 amide bonds. The molecule has 1 heterocycles. The smallest absolute Gasteiger partial charge is 0.337 e. The van der Waals surface area contributed by atoms with Crippen molar-refractivity contribution in [3.05, 3.63) is 65.5 Å². The van der Waals surface area contributed by atoms with Crippen molar-refractivity contribution >= 4 is 17.7 Å². The van der Waals surface area contributed by atoms with E-state index in [-0.39, 0.29) is 5.97 Å². The fraction of sp³-hybridized carbons (Fsp3) is 0.250. The molecule has 0 bridgehead atoms. The number of hydrogen-bond acceptors (Lipinski definition) is 6. The molecule has 7 heteroatoms. The van der Waals surface area contributed by atoms with E-state index in [0.717, 1.165) is 16.7 Å². The highest BCUT2D eigenvalue weighted by atomic mass is 32.2. The van der Waals surface area contributed by atoms with Gasteiger partial charge in [0, 0.05) is 11.4 Å². The number of hydrogen-bond donors (Lipinski definition) is 0. The second kappa shape index (κ2) is 8.73. The maximum Gasteiger partial charge on any atom is 0.337 e. The number of esters is 1. The summed E-state index contributed by atoms with van der Waals surface area (Å²) < 4.78 is 12.5. The molecule has 3 aromatic rings. The second-order valence-electron chi connectivity index (χ2n) is 5.92. The molecule has 2 aromatic carbocycles. The van der Waals surface area contributed by atoms with Gasteiger partial charge >= 0.3 is 5.97 Å². The number of aryl methyl sites for hydroxylation is 2. The number of methoxy groups -OCH3 is 1. The van der Waals surface area contributed by atoms with Crippen LogP contribution in [-0.4, -0.2) is 40.2 Å². The maximum absolute atomic E-state index is 11.6. The Morgan fingerprint density at radius 1 is 1.11 bits per heavy atom. The van der Waals surface area contributed by atoms with E-state index in [0.29, 0.717) is 23.7 Å². The van der Waals surface area contributed by atoms with Crippen LogP contribution in [0.15, 0.2) is 53.7 Å². The molecular formula is C20H21N3O3S. The molecule has 0 atom stereocenters. The van der Waals surface area contributed by atoms with Gasteiger partial charge in [-0.05, 0) is 49.7 Å². The van der Waals surface area contributed by atoms with Gasteiger partial charge in [-0.2, -0.15) is 0 Å². The molecule has 140 valence electrons. The Balaban J connectivity index is 1.61. The number of nitrogens with zero attached hydrogens (tertiary/aromatic N) is 3. The van der Waals surface area contributed by atoms with Gasteiger partial charge in [-0.1, -0.05) is 30.0 Å². The largest absolute Gasteiger partial charge is 0.493 e.